The Balaban J connectivity index is 2.41. The molecule has 0 saturated heterocycles. The maximum Gasteiger partial charge on any atom is 0.407 e. The zero-order chi connectivity index (χ0) is 19.0. The number of nitrogens with one attached hydrogen (secondary N) is 2. The molecule has 1 rings (SSSR count). The van der Waals surface area contributed by atoms with Crippen molar-refractivity contribution < 1.29 is 24.2 Å². The highest BCUT2D eigenvalue weighted by atomic mass is 32.1. The first-order valence-electron chi connectivity index (χ1n) is 8.09. The minimum atomic E-state index is -1.07. The summed E-state index contributed by atoms with van der Waals surface area (Å²) in [6.45, 7) is 7.26. The lowest BCUT2D eigenvalue weighted by Crippen LogP contribution is -2.45. The zero-order valence-electron chi connectivity index (χ0n) is 15.0. The van der Waals surface area contributed by atoms with Crippen molar-refractivity contribution in [3.63, 3.8) is 0 Å². The van der Waals surface area contributed by atoms with Gasteiger partial charge in [-0.25, -0.2) is 9.59 Å². The molecule has 0 spiro atoms. The fourth-order valence-corrected chi connectivity index (χ4v) is 2.68. The van der Waals surface area contributed by atoms with E-state index in [9.17, 15) is 19.5 Å². The number of carbonyl (C=O) groups is 3. The Kier molecular flexibility index (Phi) is 7.89. The molecule has 0 radical (unpaired) electrons. The number of ether oxygens (including phenoxy) is 1. The molecule has 1 heterocycles. The van der Waals surface area contributed by atoms with Crippen LogP contribution in [0.1, 0.15) is 39.7 Å². The number of aliphatic carboxylic acids is 1. The summed E-state index contributed by atoms with van der Waals surface area (Å²) in [7, 11) is 0. The molecule has 140 valence electrons. The monoisotopic (exact) mass is 370 g/mol. The largest absolute Gasteiger partial charge is 0.480 e. The fourth-order valence-electron chi connectivity index (χ4n) is 1.99. The molecule has 8 heteroatoms. The second-order valence-electron chi connectivity index (χ2n) is 6.85. The lowest BCUT2D eigenvalue weighted by molar-refractivity contribution is -0.142. The van der Waals surface area contributed by atoms with Crippen molar-refractivity contribution >= 4 is 29.3 Å². The second-order valence-corrected chi connectivity index (χ2v) is 7.63. The summed E-state index contributed by atoms with van der Waals surface area (Å²) in [4.78, 5) is 35.1. The summed E-state index contributed by atoms with van der Waals surface area (Å²) in [5, 5.41) is 18.1. The quantitative estimate of drug-likeness (QED) is 0.652. The molecular weight excluding hydrogens is 344 g/mol. The van der Waals surface area contributed by atoms with Crippen molar-refractivity contribution in [1.82, 2.24) is 10.6 Å². The van der Waals surface area contributed by atoms with Crippen LogP contribution in [0, 0.1) is 5.92 Å². The lowest BCUT2D eigenvalue weighted by atomic mass is 10.0. The third kappa shape index (κ3) is 8.53. The number of carboxylic acids is 1. The van der Waals surface area contributed by atoms with Crippen LogP contribution in [0.3, 0.4) is 0 Å². The number of carbonyl (C=O) groups excluding carboxylic acids is 2. The third-order valence-corrected chi connectivity index (χ3v) is 4.06. The van der Waals surface area contributed by atoms with Crippen LogP contribution in [0.2, 0.25) is 0 Å². The van der Waals surface area contributed by atoms with E-state index in [-0.39, 0.29) is 18.9 Å². The number of thiophene rings is 1. The zero-order valence-corrected chi connectivity index (χ0v) is 15.8. The summed E-state index contributed by atoms with van der Waals surface area (Å²) in [5.41, 5.74) is 0.292. The molecule has 3 N–H and O–H groups in total. The highest BCUT2D eigenvalue weighted by Gasteiger charge is 2.23. The van der Waals surface area contributed by atoms with E-state index in [1.54, 1.807) is 27.7 Å². The van der Waals surface area contributed by atoms with Crippen molar-refractivity contribution in [3.05, 3.63) is 22.4 Å². The molecule has 7 nitrogen and oxygen atoms in total. The van der Waals surface area contributed by atoms with Gasteiger partial charge in [-0.3, -0.25) is 4.79 Å². The van der Waals surface area contributed by atoms with Gasteiger partial charge in [0.1, 0.15) is 11.6 Å². The third-order valence-electron chi connectivity index (χ3n) is 3.33. The van der Waals surface area contributed by atoms with Gasteiger partial charge in [0.15, 0.2) is 0 Å². The Morgan fingerprint density at radius 1 is 1.32 bits per heavy atom. The SMILES string of the molecule is CC(CCNC(=O)OC(C)(C)C)C(=O)N[C@H](Cc1ccsc1)C(=O)O. The van der Waals surface area contributed by atoms with Gasteiger partial charge in [-0.2, -0.15) is 11.3 Å². The van der Waals surface area contributed by atoms with E-state index in [4.69, 9.17) is 4.74 Å². The Hall–Kier alpha value is -2.09. The van der Waals surface area contributed by atoms with Crippen molar-refractivity contribution in [3.8, 4) is 0 Å². The molecular formula is C17H26N2O5S. The van der Waals surface area contributed by atoms with Crippen LogP contribution in [-0.4, -0.2) is 41.3 Å². The molecule has 25 heavy (non-hydrogen) atoms. The van der Waals surface area contributed by atoms with Crippen molar-refractivity contribution in [1.29, 1.82) is 0 Å². The van der Waals surface area contributed by atoms with Gasteiger partial charge in [-0.1, -0.05) is 6.92 Å². The Morgan fingerprint density at radius 3 is 2.52 bits per heavy atom. The van der Waals surface area contributed by atoms with Crippen LogP contribution in [-0.2, 0) is 20.7 Å². The van der Waals surface area contributed by atoms with Gasteiger partial charge in [0.05, 0.1) is 0 Å². The van der Waals surface area contributed by atoms with E-state index in [1.807, 2.05) is 16.8 Å². The van der Waals surface area contributed by atoms with E-state index in [0.29, 0.717) is 6.42 Å². The standard InChI is InChI=1S/C17H26N2O5S/c1-11(5-7-18-16(23)24-17(2,3)4)14(20)19-13(15(21)22)9-12-6-8-25-10-12/h6,8,10-11,13H,5,7,9H2,1-4H3,(H,18,23)(H,19,20)(H,21,22)/t11?,13-/m1/s1. The van der Waals surface area contributed by atoms with Crippen LogP contribution in [0.15, 0.2) is 16.8 Å². The Morgan fingerprint density at radius 2 is 2.00 bits per heavy atom. The Bertz CT molecular complexity index is 580. The van der Waals surface area contributed by atoms with E-state index < -0.39 is 29.6 Å². The lowest BCUT2D eigenvalue weighted by Gasteiger charge is -2.20. The van der Waals surface area contributed by atoms with Gasteiger partial charge in [0, 0.05) is 18.9 Å². The molecule has 2 atom stereocenters. The first-order valence-corrected chi connectivity index (χ1v) is 9.04. The van der Waals surface area contributed by atoms with Gasteiger partial charge in [-0.15, -0.1) is 0 Å². The molecule has 0 aromatic carbocycles. The van der Waals surface area contributed by atoms with E-state index in [2.05, 4.69) is 10.6 Å². The molecule has 0 aliphatic heterocycles. The molecule has 1 aromatic rings. The molecule has 1 unspecified atom stereocenters. The number of alkyl carbamates (subject to hydrolysis) is 1. The summed E-state index contributed by atoms with van der Waals surface area (Å²) in [5.74, 6) is -1.86. The van der Waals surface area contributed by atoms with Gasteiger partial charge < -0.3 is 20.5 Å². The van der Waals surface area contributed by atoms with Crippen molar-refractivity contribution in [2.75, 3.05) is 6.54 Å². The summed E-state index contributed by atoms with van der Waals surface area (Å²) >= 11 is 1.48. The highest BCUT2D eigenvalue weighted by Crippen LogP contribution is 2.10. The topological polar surface area (TPSA) is 105 Å². The number of hydrogen-bond acceptors (Lipinski definition) is 5. The average molecular weight is 370 g/mol. The van der Waals surface area contributed by atoms with Crippen LogP contribution < -0.4 is 10.6 Å². The number of hydrogen-bond donors (Lipinski definition) is 3. The summed E-state index contributed by atoms with van der Waals surface area (Å²) in [6.07, 6.45) is 0.0875. The molecule has 2 amide bonds. The fraction of sp³-hybridized carbons (Fsp3) is 0.588. The number of rotatable bonds is 8. The smallest absolute Gasteiger partial charge is 0.407 e. The minimum absolute atomic E-state index is 0.244. The maximum atomic E-state index is 12.2. The van der Waals surface area contributed by atoms with Gasteiger partial charge in [-0.05, 0) is 49.6 Å². The van der Waals surface area contributed by atoms with Crippen molar-refractivity contribution in [2.45, 2.75) is 52.2 Å². The van der Waals surface area contributed by atoms with Crippen LogP contribution in [0.4, 0.5) is 4.79 Å². The van der Waals surface area contributed by atoms with E-state index in [0.717, 1.165) is 5.56 Å². The highest BCUT2D eigenvalue weighted by molar-refractivity contribution is 7.07. The van der Waals surface area contributed by atoms with Crippen LogP contribution in [0.25, 0.3) is 0 Å². The molecule has 0 aliphatic carbocycles. The molecule has 1 aromatic heterocycles. The predicted molar refractivity (Wildman–Crippen MR) is 95.6 cm³/mol. The maximum absolute atomic E-state index is 12.2. The van der Waals surface area contributed by atoms with Gasteiger partial charge >= 0.3 is 12.1 Å². The minimum Gasteiger partial charge on any atom is -0.480 e. The van der Waals surface area contributed by atoms with E-state index in [1.165, 1.54) is 11.3 Å². The summed E-state index contributed by atoms with van der Waals surface area (Å²) in [6, 6.07) is 0.865. The Labute approximate surface area is 151 Å². The second kappa shape index (κ2) is 9.41. The van der Waals surface area contributed by atoms with Crippen LogP contribution >= 0.6 is 11.3 Å². The first-order chi connectivity index (χ1) is 11.6. The van der Waals surface area contributed by atoms with Crippen molar-refractivity contribution in [2.24, 2.45) is 5.92 Å². The molecule has 0 saturated carbocycles. The molecule has 0 aliphatic rings. The number of carboxylic acid groups (broad SMARTS) is 1. The summed E-state index contributed by atoms with van der Waals surface area (Å²) < 4.78 is 5.11. The first kappa shape index (κ1) is 21.0. The molecule has 0 fully saturated rings. The average Bonchev–Trinajstić information content (AvgIpc) is 2.97. The normalized spacial score (nSPS) is 13.6. The number of amides is 2. The van der Waals surface area contributed by atoms with Gasteiger partial charge in [0.2, 0.25) is 5.91 Å². The van der Waals surface area contributed by atoms with Crippen LogP contribution in [0.5, 0.6) is 0 Å². The van der Waals surface area contributed by atoms with Gasteiger partial charge in [0.25, 0.3) is 0 Å². The molecule has 0 bridgehead atoms. The van der Waals surface area contributed by atoms with E-state index >= 15 is 0 Å². The predicted octanol–water partition coefficient (Wildman–Crippen LogP) is 2.41.